The third-order valence-electron chi connectivity index (χ3n) is 4.23. The van der Waals surface area contributed by atoms with Gasteiger partial charge in [0.25, 0.3) is 0 Å². The van der Waals surface area contributed by atoms with Gasteiger partial charge in [-0.15, -0.1) is 0 Å². The lowest BCUT2D eigenvalue weighted by molar-refractivity contribution is -0.168. The molecule has 29 heavy (non-hydrogen) atoms. The molecule has 2 aromatic rings. The quantitative estimate of drug-likeness (QED) is 0.483. The number of likely N-dealkylation sites (N-methyl/N-ethyl adjacent to an activating group) is 1. The fraction of sp³-hybridized carbons (Fsp3) is 0.364. The molecular weight excluding hydrogens is 374 g/mol. The van der Waals surface area contributed by atoms with Gasteiger partial charge in [-0.2, -0.15) is 0 Å². The van der Waals surface area contributed by atoms with Crippen molar-refractivity contribution < 1.29 is 28.9 Å². The summed E-state index contributed by atoms with van der Waals surface area (Å²) in [6, 6.07) is 15.6. The molecule has 2 rings (SSSR count). The number of carboxylic acid groups (broad SMARTS) is 1. The second kappa shape index (κ2) is 11.1. The van der Waals surface area contributed by atoms with Crippen molar-refractivity contribution in [3.63, 3.8) is 0 Å². The fourth-order valence-electron chi connectivity index (χ4n) is 2.87. The standard InChI is InChI=1S/C22H27NO6/c1-23(2)14-19(29-22(26)21(24)25)15-28-20-10-5-4-8-17(20)12-11-16-7-6-9-18(13-16)27-3/h4-10,13,19H,11-12,14-15H2,1-3H3,(H,24,25)/t19-/m1/s1. The number of aryl methyl sites for hydroxylation is 2. The van der Waals surface area contributed by atoms with Gasteiger partial charge in [-0.3, -0.25) is 0 Å². The summed E-state index contributed by atoms with van der Waals surface area (Å²) in [5, 5.41) is 8.77. The van der Waals surface area contributed by atoms with E-state index in [0.29, 0.717) is 12.3 Å². The second-order valence-corrected chi connectivity index (χ2v) is 6.86. The molecule has 0 bridgehead atoms. The molecule has 0 saturated carbocycles. The average Bonchev–Trinajstić information content (AvgIpc) is 2.70. The molecule has 0 aliphatic heterocycles. The van der Waals surface area contributed by atoms with Gasteiger partial charge in [0.1, 0.15) is 24.2 Å². The van der Waals surface area contributed by atoms with Crippen LogP contribution in [0.2, 0.25) is 0 Å². The number of nitrogens with zero attached hydrogens (tertiary/aromatic N) is 1. The van der Waals surface area contributed by atoms with Gasteiger partial charge in [0.05, 0.1) is 7.11 Å². The first-order chi connectivity index (χ1) is 13.9. The van der Waals surface area contributed by atoms with Crippen LogP contribution < -0.4 is 9.47 Å². The van der Waals surface area contributed by atoms with E-state index in [9.17, 15) is 9.59 Å². The van der Waals surface area contributed by atoms with Crippen LogP contribution in [0.1, 0.15) is 11.1 Å². The predicted molar refractivity (Wildman–Crippen MR) is 108 cm³/mol. The predicted octanol–water partition coefficient (Wildman–Crippen LogP) is 2.42. The Kier molecular flexibility index (Phi) is 8.48. The second-order valence-electron chi connectivity index (χ2n) is 6.86. The molecule has 0 radical (unpaired) electrons. The Morgan fingerprint density at radius 3 is 2.52 bits per heavy atom. The van der Waals surface area contributed by atoms with Crippen LogP contribution in [0.4, 0.5) is 0 Å². The molecule has 0 aliphatic carbocycles. The van der Waals surface area contributed by atoms with Crippen LogP contribution >= 0.6 is 0 Å². The van der Waals surface area contributed by atoms with Gasteiger partial charge < -0.3 is 24.2 Å². The Morgan fingerprint density at radius 2 is 1.83 bits per heavy atom. The van der Waals surface area contributed by atoms with Gasteiger partial charge in [-0.05, 0) is 56.3 Å². The first-order valence-electron chi connectivity index (χ1n) is 9.31. The molecule has 7 heteroatoms. The van der Waals surface area contributed by atoms with Crippen LogP contribution in [0.15, 0.2) is 48.5 Å². The number of carboxylic acids is 1. The molecule has 0 aliphatic rings. The van der Waals surface area contributed by atoms with E-state index in [1.165, 1.54) is 0 Å². The highest BCUT2D eigenvalue weighted by Crippen LogP contribution is 2.22. The number of ether oxygens (including phenoxy) is 3. The normalized spacial score (nSPS) is 11.7. The number of benzene rings is 2. The molecule has 1 N–H and O–H groups in total. The van der Waals surface area contributed by atoms with E-state index in [1.54, 1.807) is 12.0 Å². The summed E-state index contributed by atoms with van der Waals surface area (Å²) in [6.07, 6.45) is 0.878. The molecule has 0 unspecified atom stereocenters. The molecule has 7 nitrogen and oxygen atoms in total. The average molecular weight is 401 g/mol. The van der Waals surface area contributed by atoms with Crippen molar-refractivity contribution in [2.75, 3.05) is 34.4 Å². The lowest BCUT2D eigenvalue weighted by Gasteiger charge is -2.21. The Labute approximate surface area is 170 Å². The Balaban J connectivity index is 2.02. The van der Waals surface area contributed by atoms with E-state index in [1.807, 2.05) is 62.6 Å². The van der Waals surface area contributed by atoms with E-state index in [0.717, 1.165) is 29.7 Å². The van der Waals surface area contributed by atoms with Crippen molar-refractivity contribution in [2.45, 2.75) is 18.9 Å². The number of methoxy groups -OCH3 is 1. The molecule has 0 fully saturated rings. The van der Waals surface area contributed by atoms with Crippen molar-refractivity contribution in [1.82, 2.24) is 4.90 Å². The summed E-state index contributed by atoms with van der Waals surface area (Å²) < 4.78 is 16.2. The van der Waals surface area contributed by atoms with Gasteiger partial charge in [0, 0.05) is 6.54 Å². The first kappa shape index (κ1) is 22.2. The molecule has 0 spiro atoms. The van der Waals surface area contributed by atoms with Gasteiger partial charge in [0.15, 0.2) is 0 Å². The molecule has 2 aromatic carbocycles. The van der Waals surface area contributed by atoms with Crippen LogP contribution in [-0.4, -0.2) is 62.4 Å². The maximum atomic E-state index is 11.4. The maximum absolute atomic E-state index is 11.4. The minimum absolute atomic E-state index is 0.0629. The SMILES string of the molecule is COc1cccc(CCc2ccccc2OC[C@@H](CN(C)C)OC(=O)C(=O)O)c1. The third-order valence-corrected chi connectivity index (χ3v) is 4.23. The highest BCUT2D eigenvalue weighted by Gasteiger charge is 2.21. The molecule has 0 saturated heterocycles. The van der Waals surface area contributed by atoms with Crippen molar-refractivity contribution >= 4 is 11.9 Å². The Bertz CT molecular complexity index is 820. The summed E-state index contributed by atoms with van der Waals surface area (Å²) in [5.74, 6) is -1.40. The number of para-hydroxylation sites is 1. The highest BCUT2D eigenvalue weighted by molar-refractivity contribution is 6.28. The van der Waals surface area contributed by atoms with Crippen LogP contribution in [-0.2, 0) is 27.2 Å². The summed E-state index contributed by atoms with van der Waals surface area (Å²) in [4.78, 5) is 24.0. The number of hydrogen-bond donors (Lipinski definition) is 1. The molecule has 0 heterocycles. The Hall–Kier alpha value is -3.06. The van der Waals surface area contributed by atoms with Gasteiger partial charge in [-0.1, -0.05) is 30.3 Å². The number of carbonyl (C=O) groups is 2. The summed E-state index contributed by atoms with van der Waals surface area (Å²) in [6.45, 7) is 0.415. The van der Waals surface area contributed by atoms with E-state index in [-0.39, 0.29) is 6.61 Å². The van der Waals surface area contributed by atoms with Crippen molar-refractivity contribution in [1.29, 1.82) is 0 Å². The van der Waals surface area contributed by atoms with Gasteiger partial charge in [-0.25, -0.2) is 9.59 Å². The van der Waals surface area contributed by atoms with Crippen LogP contribution in [0.5, 0.6) is 11.5 Å². The summed E-state index contributed by atoms with van der Waals surface area (Å²) in [5.41, 5.74) is 2.17. The number of aliphatic carboxylic acids is 1. The zero-order valence-corrected chi connectivity index (χ0v) is 17.0. The first-order valence-corrected chi connectivity index (χ1v) is 9.31. The number of hydrogen-bond acceptors (Lipinski definition) is 6. The van der Waals surface area contributed by atoms with E-state index < -0.39 is 18.0 Å². The number of esters is 1. The van der Waals surface area contributed by atoms with Crippen LogP contribution in [0, 0.1) is 0 Å². The minimum Gasteiger partial charge on any atom is -0.497 e. The molecule has 156 valence electrons. The number of rotatable bonds is 10. The zero-order chi connectivity index (χ0) is 21.2. The van der Waals surface area contributed by atoms with E-state index in [4.69, 9.17) is 19.3 Å². The third kappa shape index (κ3) is 7.46. The topological polar surface area (TPSA) is 85.3 Å². The monoisotopic (exact) mass is 401 g/mol. The fourth-order valence-corrected chi connectivity index (χ4v) is 2.87. The summed E-state index contributed by atoms with van der Waals surface area (Å²) in [7, 11) is 5.26. The van der Waals surface area contributed by atoms with Crippen molar-refractivity contribution in [3.05, 3.63) is 59.7 Å². The number of carbonyl (C=O) groups excluding carboxylic acids is 1. The zero-order valence-electron chi connectivity index (χ0n) is 17.0. The van der Waals surface area contributed by atoms with Crippen molar-refractivity contribution in [3.8, 4) is 11.5 Å². The smallest absolute Gasteiger partial charge is 0.417 e. The van der Waals surface area contributed by atoms with Crippen LogP contribution in [0.25, 0.3) is 0 Å². The molecule has 1 atom stereocenters. The van der Waals surface area contributed by atoms with Crippen LogP contribution in [0.3, 0.4) is 0 Å². The highest BCUT2D eigenvalue weighted by atomic mass is 16.6. The Morgan fingerprint density at radius 1 is 1.07 bits per heavy atom. The lowest BCUT2D eigenvalue weighted by atomic mass is 10.0. The molecular formula is C22H27NO6. The maximum Gasteiger partial charge on any atom is 0.417 e. The van der Waals surface area contributed by atoms with Crippen molar-refractivity contribution in [2.24, 2.45) is 0 Å². The lowest BCUT2D eigenvalue weighted by Crippen LogP contribution is -2.37. The van der Waals surface area contributed by atoms with Gasteiger partial charge >= 0.3 is 11.9 Å². The molecule has 0 aromatic heterocycles. The van der Waals surface area contributed by atoms with E-state index >= 15 is 0 Å². The van der Waals surface area contributed by atoms with E-state index in [2.05, 4.69) is 0 Å². The van der Waals surface area contributed by atoms with Gasteiger partial charge in [0.2, 0.25) is 0 Å². The minimum atomic E-state index is -1.62. The largest absolute Gasteiger partial charge is 0.497 e. The molecule has 0 amide bonds. The summed E-state index contributed by atoms with van der Waals surface area (Å²) >= 11 is 0.